The molecule has 5 nitrogen and oxygen atoms in total. The minimum absolute atomic E-state index is 0.320. The van der Waals surface area contributed by atoms with Crippen molar-refractivity contribution in [1.82, 2.24) is 9.62 Å². The molecule has 1 saturated heterocycles. The summed E-state index contributed by atoms with van der Waals surface area (Å²) in [7, 11) is -3.36. The van der Waals surface area contributed by atoms with Crippen LogP contribution in [0.3, 0.4) is 0 Å². The standard InChI is InChI=1S/C15H25N3O2S/c1-2-9-17-21(19,20)15-7-5-14(6-8-15)16-10-13-18-11-3-4-12-18/h5-8,16-17H,2-4,9-13H2,1H3. The molecular weight excluding hydrogens is 286 g/mol. The molecule has 1 aliphatic rings. The fourth-order valence-corrected chi connectivity index (χ4v) is 3.57. The van der Waals surface area contributed by atoms with E-state index in [1.807, 2.05) is 19.1 Å². The Labute approximate surface area is 127 Å². The highest BCUT2D eigenvalue weighted by Gasteiger charge is 2.13. The van der Waals surface area contributed by atoms with E-state index in [-0.39, 0.29) is 0 Å². The van der Waals surface area contributed by atoms with Crippen LogP contribution in [-0.4, -0.2) is 46.0 Å². The second-order valence-corrected chi connectivity index (χ2v) is 7.16. The van der Waals surface area contributed by atoms with Gasteiger partial charge in [0.25, 0.3) is 0 Å². The van der Waals surface area contributed by atoms with Crippen molar-refractivity contribution < 1.29 is 8.42 Å². The Morgan fingerprint density at radius 2 is 1.76 bits per heavy atom. The van der Waals surface area contributed by atoms with E-state index in [1.54, 1.807) is 12.1 Å². The molecule has 6 heteroatoms. The third kappa shape index (κ3) is 4.98. The van der Waals surface area contributed by atoms with Crippen molar-refractivity contribution in [3.63, 3.8) is 0 Å². The van der Waals surface area contributed by atoms with E-state index in [0.29, 0.717) is 11.4 Å². The number of hydrogen-bond donors (Lipinski definition) is 2. The first-order valence-electron chi connectivity index (χ1n) is 7.68. The predicted octanol–water partition coefficient (Wildman–Crippen LogP) is 1.88. The minimum atomic E-state index is -3.36. The average molecular weight is 311 g/mol. The maximum Gasteiger partial charge on any atom is 0.240 e. The fraction of sp³-hybridized carbons (Fsp3) is 0.600. The number of sulfonamides is 1. The van der Waals surface area contributed by atoms with Crippen LogP contribution in [0.1, 0.15) is 26.2 Å². The summed E-state index contributed by atoms with van der Waals surface area (Å²) in [6, 6.07) is 6.95. The Morgan fingerprint density at radius 1 is 1.10 bits per heavy atom. The van der Waals surface area contributed by atoms with Gasteiger partial charge in [-0.3, -0.25) is 0 Å². The third-order valence-corrected chi connectivity index (χ3v) is 5.14. The summed E-state index contributed by atoms with van der Waals surface area (Å²) in [4.78, 5) is 2.77. The van der Waals surface area contributed by atoms with E-state index in [9.17, 15) is 8.42 Å². The lowest BCUT2D eigenvalue weighted by Gasteiger charge is -2.15. The van der Waals surface area contributed by atoms with Gasteiger partial charge in [0.15, 0.2) is 0 Å². The molecule has 1 fully saturated rings. The van der Waals surface area contributed by atoms with Crippen molar-refractivity contribution in [3.8, 4) is 0 Å². The Hall–Kier alpha value is -1.11. The summed E-state index contributed by atoms with van der Waals surface area (Å²) < 4.78 is 26.5. The number of anilines is 1. The van der Waals surface area contributed by atoms with Crippen LogP contribution in [0.4, 0.5) is 5.69 Å². The van der Waals surface area contributed by atoms with Gasteiger partial charge in [0.05, 0.1) is 4.90 Å². The molecule has 2 rings (SSSR count). The molecule has 0 aliphatic carbocycles. The van der Waals surface area contributed by atoms with Crippen LogP contribution in [0.15, 0.2) is 29.2 Å². The van der Waals surface area contributed by atoms with Crippen LogP contribution in [-0.2, 0) is 10.0 Å². The molecule has 0 aromatic heterocycles. The van der Waals surface area contributed by atoms with E-state index in [1.165, 1.54) is 25.9 Å². The maximum atomic E-state index is 12.0. The second kappa shape index (κ2) is 7.77. The lowest BCUT2D eigenvalue weighted by molar-refractivity contribution is 0.352. The lowest BCUT2D eigenvalue weighted by atomic mass is 10.3. The van der Waals surface area contributed by atoms with Crippen molar-refractivity contribution in [2.45, 2.75) is 31.1 Å². The van der Waals surface area contributed by atoms with E-state index in [0.717, 1.165) is 25.2 Å². The summed E-state index contributed by atoms with van der Waals surface area (Å²) in [5, 5.41) is 3.34. The summed E-state index contributed by atoms with van der Waals surface area (Å²) >= 11 is 0. The zero-order chi connectivity index (χ0) is 15.1. The van der Waals surface area contributed by atoms with Crippen molar-refractivity contribution >= 4 is 15.7 Å². The maximum absolute atomic E-state index is 12.0. The molecule has 0 amide bonds. The summed E-state index contributed by atoms with van der Waals surface area (Å²) in [5.41, 5.74) is 0.962. The fourth-order valence-electron chi connectivity index (χ4n) is 2.44. The van der Waals surface area contributed by atoms with Gasteiger partial charge >= 0.3 is 0 Å². The Bertz CT molecular complexity index is 522. The number of hydrogen-bond acceptors (Lipinski definition) is 4. The highest BCUT2D eigenvalue weighted by molar-refractivity contribution is 7.89. The second-order valence-electron chi connectivity index (χ2n) is 5.40. The number of nitrogens with zero attached hydrogens (tertiary/aromatic N) is 1. The highest BCUT2D eigenvalue weighted by Crippen LogP contribution is 2.14. The molecule has 1 aliphatic heterocycles. The third-order valence-electron chi connectivity index (χ3n) is 3.66. The van der Waals surface area contributed by atoms with Crippen molar-refractivity contribution in [1.29, 1.82) is 0 Å². The van der Waals surface area contributed by atoms with E-state index < -0.39 is 10.0 Å². The van der Waals surface area contributed by atoms with Gasteiger partial charge in [-0.25, -0.2) is 13.1 Å². The van der Waals surface area contributed by atoms with E-state index in [2.05, 4.69) is 14.9 Å². The summed E-state index contributed by atoms with van der Waals surface area (Å²) in [5.74, 6) is 0. The van der Waals surface area contributed by atoms with Gasteiger partial charge < -0.3 is 10.2 Å². The molecule has 0 unspecified atom stereocenters. The average Bonchev–Trinajstić information content (AvgIpc) is 2.99. The lowest BCUT2D eigenvalue weighted by Crippen LogP contribution is -2.26. The molecule has 0 saturated carbocycles. The van der Waals surface area contributed by atoms with Gasteiger partial charge in [-0.05, 0) is 56.6 Å². The van der Waals surface area contributed by atoms with Crippen LogP contribution in [0, 0.1) is 0 Å². The first kappa shape index (κ1) is 16.3. The van der Waals surface area contributed by atoms with Crippen LogP contribution in [0.2, 0.25) is 0 Å². The van der Waals surface area contributed by atoms with Gasteiger partial charge in [0.1, 0.15) is 0 Å². The van der Waals surface area contributed by atoms with Crippen molar-refractivity contribution in [2.24, 2.45) is 0 Å². The normalized spacial score (nSPS) is 16.2. The van der Waals surface area contributed by atoms with Crippen LogP contribution in [0.5, 0.6) is 0 Å². The first-order chi connectivity index (χ1) is 10.1. The predicted molar refractivity (Wildman–Crippen MR) is 86.1 cm³/mol. The van der Waals surface area contributed by atoms with Gasteiger partial charge in [-0.1, -0.05) is 6.92 Å². The SMILES string of the molecule is CCCNS(=O)(=O)c1ccc(NCCN2CCCC2)cc1. The topological polar surface area (TPSA) is 61.4 Å². The van der Waals surface area contributed by atoms with Crippen molar-refractivity contribution in [2.75, 3.05) is 38.0 Å². The van der Waals surface area contributed by atoms with Crippen LogP contribution in [0.25, 0.3) is 0 Å². The van der Waals surface area contributed by atoms with E-state index in [4.69, 9.17) is 0 Å². The number of likely N-dealkylation sites (tertiary alicyclic amines) is 1. The molecule has 0 atom stereocenters. The van der Waals surface area contributed by atoms with Crippen molar-refractivity contribution in [3.05, 3.63) is 24.3 Å². The molecule has 1 heterocycles. The molecule has 0 spiro atoms. The molecular formula is C15H25N3O2S. The summed E-state index contributed by atoms with van der Waals surface area (Å²) in [6.45, 7) is 6.73. The largest absolute Gasteiger partial charge is 0.384 e. The van der Waals surface area contributed by atoms with Gasteiger partial charge in [0.2, 0.25) is 10.0 Å². The number of benzene rings is 1. The Morgan fingerprint density at radius 3 is 2.38 bits per heavy atom. The Kier molecular flexibility index (Phi) is 6.02. The van der Waals surface area contributed by atoms with Gasteiger partial charge in [-0.15, -0.1) is 0 Å². The molecule has 21 heavy (non-hydrogen) atoms. The van der Waals surface area contributed by atoms with E-state index >= 15 is 0 Å². The van der Waals surface area contributed by atoms with Gasteiger partial charge in [-0.2, -0.15) is 0 Å². The molecule has 1 aromatic carbocycles. The van der Waals surface area contributed by atoms with Crippen LogP contribution < -0.4 is 10.0 Å². The molecule has 2 N–H and O–H groups in total. The monoisotopic (exact) mass is 311 g/mol. The Balaban J connectivity index is 1.83. The smallest absolute Gasteiger partial charge is 0.240 e. The number of nitrogens with one attached hydrogen (secondary N) is 2. The quantitative estimate of drug-likeness (QED) is 0.769. The first-order valence-corrected chi connectivity index (χ1v) is 9.16. The minimum Gasteiger partial charge on any atom is -0.384 e. The number of rotatable bonds is 8. The molecule has 0 radical (unpaired) electrons. The zero-order valence-electron chi connectivity index (χ0n) is 12.6. The van der Waals surface area contributed by atoms with Crippen LogP contribution >= 0.6 is 0 Å². The summed E-state index contributed by atoms with van der Waals surface area (Å²) in [6.07, 6.45) is 3.39. The zero-order valence-corrected chi connectivity index (χ0v) is 13.5. The molecule has 1 aromatic rings. The molecule has 118 valence electrons. The molecule has 0 bridgehead atoms. The van der Waals surface area contributed by atoms with Gasteiger partial charge in [0, 0.05) is 25.3 Å². The highest BCUT2D eigenvalue weighted by atomic mass is 32.2.